The zero-order valence-corrected chi connectivity index (χ0v) is 13.2. The molecule has 0 radical (unpaired) electrons. The van der Waals surface area contributed by atoms with Crippen molar-refractivity contribution in [1.29, 1.82) is 0 Å². The van der Waals surface area contributed by atoms with Gasteiger partial charge in [-0.2, -0.15) is 0 Å². The number of thiazole rings is 1. The second-order valence-corrected chi connectivity index (χ2v) is 7.20. The van der Waals surface area contributed by atoms with Gasteiger partial charge >= 0.3 is 0 Å². The Balaban J connectivity index is 2.03. The lowest BCUT2D eigenvalue weighted by molar-refractivity contribution is -0.147. The van der Waals surface area contributed by atoms with E-state index >= 15 is 0 Å². The van der Waals surface area contributed by atoms with Crippen LogP contribution in [0.5, 0.6) is 0 Å². The van der Waals surface area contributed by atoms with E-state index in [-0.39, 0.29) is 23.8 Å². The van der Waals surface area contributed by atoms with E-state index in [2.05, 4.69) is 10.3 Å². The van der Waals surface area contributed by atoms with E-state index in [0.717, 1.165) is 10.7 Å². The number of rotatable bonds is 3. The van der Waals surface area contributed by atoms with E-state index in [1.54, 1.807) is 16.2 Å². The zero-order chi connectivity index (χ0) is 14.9. The van der Waals surface area contributed by atoms with Crippen molar-refractivity contribution in [2.24, 2.45) is 5.41 Å². The van der Waals surface area contributed by atoms with Crippen LogP contribution >= 0.6 is 11.3 Å². The first kappa shape index (κ1) is 15.0. The molecule has 0 aliphatic carbocycles. The first-order valence-corrected chi connectivity index (χ1v) is 7.64. The van der Waals surface area contributed by atoms with Crippen molar-refractivity contribution in [3.63, 3.8) is 0 Å². The fourth-order valence-corrected chi connectivity index (χ4v) is 2.99. The summed E-state index contributed by atoms with van der Waals surface area (Å²) in [7, 11) is 0. The molecule has 0 saturated carbocycles. The molecule has 1 unspecified atom stereocenters. The first-order valence-electron chi connectivity index (χ1n) is 6.76. The Kier molecular flexibility index (Phi) is 4.13. The van der Waals surface area contributed by atoms with Crippen molar-refractivity contribution in [3.05, 3.63) is 16.1 Å². The van der Waals surface area contributed by atoms with Gasteiger partial charge in [0.1, 0.15) is 6.04 Å². The molecule has 1 saturated heterocycles. The van der Waals surface area contributed by atoms with Crippen LogP contribution in [-0.4, -0.2) is 40.8 Å². The lowest BCUT2D eigenvalue weighted by Gasteiger charge is -2.38. The predicted octanol–water partition coefficient (Wildman–Crippen LogP) is 1.37. The quantitative estimate of drug-likeness (QED) is 0.916. The highest BCUT2D eigenvalue weighted by atomic mass is 32.1. The molecule has 5 nitrogen and oxygen atoms in total. The van der Waals surface area contributed by atoms with Crippen LogP contribution in [0, 0.1) is 12.3 Å². The van der Waals surface area contributed by atoms with Crippen molar-refractivity contribution in [2.75, 3.05) is 13.1 Å². The van der Waals surface area contributed by atoms with Crippen molar-refractivity contribution >= 4 is 23.2 Å². The number of hydrogen-bond donors (Lipinski definition) is 1. The van der Waals surface area contributed by atoms with Crippen LogP contribution in [0.25, 0.3) is 0 Å². The number of nitrogens with zero attached hydrogens (tertiary/aromatic N) is 2. The molecule has 1 fully saturated rings. The molecule has 1 aromatic rings. The minimum absolute atomic E-state index is 0.00498. The maximum absolute atomic E-state index is 12.4. The molecule has 2 rings (SSSR count). The predicted molar refractivity (Wildman–Crippen MR) is 78.5 cm³/mol. The Hall–Kier alpha value is -1.43. The van der Waals surface area contributed by atoms with Crippen molar-refractivity contribution in [1.82, 2.24) is 15.2 Å². The van der Waals surface area contributed by atoms with Crippen molar-refractivity contribution < 1.29 is 9.59 Å². The summed E-state index contributed by atoms with van der Waals surface area (Å²) in [5.74, 6) is -0.0785. The number of piperazine rings is 1. The Morgan fingerprint density at radius 2 is 2.15 bits per heavy atom. The van der Waals surface area contributed by atoms with Gasteiger partial charge in [-0.1, -0.05) is 20.8 Å². The minimum atomic E-state index is -0.443. The number of carbonyl (C=O) groups is 2. The van der Waals surface area contributed by atoms with Crippen LogP contribution in [-0.2, 0) is 16.0 Å². The summed E-state index contributed by atoms with van der Waals surface area (Å²) in [6, 6.07) is -0.443. The zero-order valence-electron chi connectivity index (χ0n) is 12.4. The van der Waals surface area contributed by atoms with Gasteiger partial charge in [-0.05, 0) is 12.3 Å². The summed E-state index contributed by atoms with van der Waals surface area (Å²) in [4.78, 5) is 30.2. The lowest BCUT2D eigenvalue weighted by Crippen LogP contribution is -2.62. The fraction of sp³-hybridized carbons (Fsp3) is 0.643. The van der Waals surface area contributed by atoms with E-state index in [4.69, 9.17) is 0 Å². The lowest BCUT2D eigenvalue weighted by atomic mass is 9.85. The van der Waals surface area contributed by atoms with Crippen LogP contribution in [0.3, 0.4) is 0 Å². The van der Waals surface area contributed by atoms with Crippen LogP contribution in [0.2, 0.25) is 0 Å². The fourth-order valence-electron chi connectivity index (χ4n) is 2.23. The van der Waals surface area contributed by atoms with E-state index in [9.17, 15) is 9.59 Å². The monoisotopic (exact) mass is 295 g/mol. The first-order chi connectivity index (χ1) is 9.27. The molecule has 2 amide bonds. The maximum atomic E-state index is 12.4. The number of hydrogen-bond acceptors (Lipinski definition) is 4. The number of aromatic nitrogens is 1. The Morgan fingerprint density at radius 3 is 2.70 bits per heavy atom. The molecule has 1 aromatic heterocycles. The smallest absolute Gasteiger partial charge is 0.246 e. The molecule has 0 aromatic carbocycles. The van der Waals surface area contributed by atoms with Gasteiger partial charge in [0.2, 0.25) is 11.8 Å². The topological polar surface area (TPSA) is 62.3 Å². The highest BCUT2D eigenvalue weighted by Gasteiger charge is 2.39. The molecule has 6 heteroatoms. The van der Waals surface area contributed by atoms with E-state index in [1.165, 1.54) is 0 Å². The Labute approximate surface area is 123 Å². The van der Waals surface area contributed by atoms with E-state index in [1.807, 2.05) is 33.1 Å². The maximum Gasteiger partial charge on any atom is 0.246 e. The van der Waals surface area contributed by atoms with Gasteiger partial charge in [0, 0.05) is 24.0 Å². The second kappa shape index (κ2) is 5.52. The highest BCUT2D eigenvalue weighted by Crippen LogP contribution is 2.23. The standard InChI is InChI=1S/C14H21N3O2S/c1-9-8-20-11(15-9)5-6-17-7-10(18)16-12(13(17)19)14(2,3)4/h8,12H,5-7H2,1-4H3,(H,16,18). The Morgan fingerprint density at radius 1 is 1.45 bits per heavy atom. The molecule has 1 atom stereocenters. The van der Waals surface area contributed by atoms with Crippen molar-refractivity contribution in [3.8, 4) is 0 Å². The van der Waals surface area contributed by atoms with Gasteiger partial charge in [0.05, 0.1) is 11.6 Å². The third-order valence-electron chi connectivity index (χ3n) is 3.33. The molecular weight excluding hydrogens is 274 g/mol. The number of carbonyl (C=O) groups excluding carboxylic acids is 2. The molecule has 2 heterocycles. The van der Waals surface area contributed by atoms with Crippen LogP contribution < -0.4 is 5.32 Å². The molecule has 1 aliphatic rings. The number of aryl methyl sites for hydroxylation is 1. The van der Waals surface area contributed by atoms with Gasteiger partial charge in [-0.25, -0.2) is 4.98 Å². The van der Waals surface area contributed by atoms with Gasteiger partial charge in [-0.15, -0.1) is 11.3 Å². The number of nitrogens with one attached hydrogen (secondary N) is 1. The average Bonchev–Trinajstić information content (AvgIpc) is 2.74. The van der Waals surface area contributed by atoms with Gasteiger partial charge in [0.15, 0.2) is 0 Å². The van der Waals surface area contributed by atoms with Gasteiger partial charge in [0.25, 0.3) is 0 Å². The van der Waals surface area contributed by atoms with Gasteiger partial charge in [-0.3, -0.25) is 9.59 Å². The summed E-state index contributed by atoms with van der Waals surface area (Å²) in [5.41, 5.74) is 0.726. The molecule has 20 heavy (non-hydrogen) atoms. The third kappa shape index (κ3) is 3.36. The van der Waals surface area contributed by atoms with E-state index < -0.39 is 6.04 Å². The second-order valence-electron chi connectivity index (χ2n) is 6.26. The van der Waals surface area contributed by atoms with Crippen LogP contribution in [0.4, 0.5) is 0 Å². The largest absolute Gasteiger partial charge is 0.342 e. The van der Waals surface area contributed by atoms with E-state index in [0.29, 0.717) is 13.0 Å². The van der Waals surface area contributed by atoms with Crippen LogP contribution in [0.15, 0.2) is 5.38 Å². The Bertz CT molecular complexity index is 519. The average molecular weight is 295 g/mol. The summed E-state index contributed by atoms with van der Waals surface area (Å²) in [6.45, 7) is 8.54. The molecule has 0 spiro atoms. The SMILES string of the molecule is Cc1csc(CCN2CC(=O)NC(C(C)(C)C)C2=O)n1. The summed E-state index contributed by atoms with van der Waals surface area (Å²) < 4.78 is 0. The summed E-state index contributed by atoms with van der Waals surface area (Å²) in [6.07, 6.45) is 0.703. The summed E-state index contributed by atoms with van der Waals surface area (Å²) in [5, 5.41) is 5.80. The highest BCUT2D eigenvalue weighted by molar-refractivity contribution is 7.09. The molecular formula is C14H21N3O2S. The minimum Gasteiger partial charge on any atom is -0.342 e. The number of amides is 2. The molecule has 1 aliphatic heterocycles. The molecule has 0 bridgehead atoms. The van der Waals surface area contributed by atoms with Crippen molar-refractivity contribution in [2.45, 2.75) is 40.2 Å². The van der Waals surface area contributed by atoms with Gasteiger partial charge < -0.3 is 10.2 Å². The molecule has 1 N–H and O–H groups in total. The third-order valence-corrected chi connectivity index (χ3v) is 4.35. The molecule has 110 valence electrons. The van der Waals surface area contributed by atoms with Crippen LogP contribution in [0.1, 0.15) is 31.5 Å². The summed E-state index contributed by atoms with van der Waals surface area (Å²) >= 11 is 1.60. The normalized spacial score (nSPS) is 20.2.